The summed E-state index contributed by atoms with van der Waals surface area (Å²) in [5.74, 6) is 0. The molecule has 16 heavy (non-hydrogen) atoms. The zero-order valence-electron chi connectivity index (χ0n) is 11.6. The zero-order chi connectivity index (χ0) is 12.7. The molecule has 1 atom stereocenters. The highest BCUT2D eigenvalue weighted by molar-refractivity contribution is 5.20. The summed E-state index contributed by atoms with van der Waals surface area (Å²) in [7, 11) is 0. The van der Waals surface area contributed by atoms with E-state index in [1.165, 1.54) is 0 Å². The van der Waals surface area contributed by atoms with Gasteiger partial charge in [0.15, 0.2) is 0 Å². The number of aromatic nitrogens is 2. The quantitative estimate of drug-likeness (QED) is 0.795. The Hall–Kier alpha value is -0.830. The largest absolute Gasteiger partial charge is 0.323 e. The van der Waals surface area contributed by atoms with E-state index < -0.39 is 0 Å². The first-order chi connectivity index (χ1) is 7.03. The molecule has 3 nitrogen and oxygen atoms in total. The van der Waals surface area contributed by atoms with Crippen molar-refractivity contribution in [1.82, 2.24) is 9.78 Å². The summed E-state index contributed by atoms with van der Waals surface area (Å²) in [6, 6.07) is 2.15. The van der Waals surface area contributed by atoms with E-state index in [0.29, 0.717) is 0 Å². The fourth-order valence-corrected chi connectivity index (χ4v) is 1.62. The Kier molecular flexibility index (Phi) is 3.21. The molecular formula is C13H25N3. The van der Waals surface area contributed by atoms with Crippen molar-refractivity contribution in [2.45, 2.75) is 65.5 Å². The summed E-state index contributed by atoms with van der Waals surface area (Å²) in [5.41, 5.74) is 8.27. The minimum atomic E-state index is -0.0214. The van der Waals surface area contributed by atoms with Gasteiger partial charge >= 0.3 is 0 Å². The molecule has 0 fully saturated rings. The molecule has 1 unspecified atom stereocenters. The second-order valence-corrected chi connectivity index (χ2v) is 6.58. The minimum Gasteiger partial charge on any atom is -0.323 e. The molecule has 0 bridgehead atoms. The van der Waals surface area contributed by atoms with E-state index in [-0.39, 0.29) is 17.0 Å². The van der Waals surface area contributed by atoms with Gasteiger partial charge in [-0.1, -0.05) is 20.8 Å². The smallest absolute Gasteiger partial charge is 0.0681 e. The molecule has 0 aromatic carbocycles. The Morgan fingerprint density at radius 2 is 1.69 bits per heavy atom. The van der Waals surface area contributed by atoms with Crippen molar-refractivity contribution in [3.05, 3.63) is 17.5 Å². The van der Waals surface area contributed by atoms with Crippen molar-refractivity contribution >= 4 is 0 Å². The molecule has 92 valence electrons. The predicted octanol–water partition coefficient (Wildman–Crippen LogP) is 2.96. The van der Waals surface area contributed by atoms with E-state index in [2.05, 4.69) is 52.3 Å². The van der Waals surface area contributed by atoms with Crippen LogP contribution in [0.4, 0.5) is 0 Å². The van der Waals surface area contributed by atoms with Crippen LogP contribution in [0.25, 0.3) is 0 Å². The molecule has 0 aliphatic rings. The molecule has 1 aromatic rings. The van der Waals surface area contributed by atoms with Crippen LogP contribution in [-0.4, -0.2) is 9.78 Å². The molecule has 1 aromatic heterocycles. The molecule has 0 aliphatic carbocycles. The molecule has 1 rings (SSSR count). The Bertz CT molecular complexity index is 362. The van der Waals surface area contributed by atoms with Crippen molar-refractivity contribution in [1.29, 1.82) is 0 Å². The standard InChI is InChI=1S/C13H25N3/c1-9(14)10-8-11(12(2,3)4)15-16(10)13(5,6)7/h8-9H,14H2,1-7H3. The van der Waals surface area contributed by atoms with E-state index >= 15 is 0 Å². The monoisotopic (exact) mass is 223 g/mol. The first-order valence-electron chi connectivity index (χ1n) is 5.90. The first kappa shape index (κ1) is 13.2. The van der Waals surface area contributed by atoms with Gasteiger partial charge in [0.05, 0.1) is 16.9 Å². The van der Waals surface area contributed by atoms with E-state index in [1.807, 2.05) is 6.92 Å². The number of rotatable bonds is 1. The lowest BCUT2D eigenvalue weighted by atomic mass is 9.92. The fourth-order valence-electron chi connectivity index (χ4n) is 1.62. The molecule has 0 spiro atoms. The Morgan fingerprint density at radius 1 is 1.19 bits per heavy atom. The topological polar surface area (TPSA) is 43.8 Å². The lowest BCUT2D eigenvalue weighted by Crippen LogP contribution is -2.28. The highest BCUT2D eigenvalue weighted by atomic mass is 15.3. The lowest BCUT2D eigenvalue weighted by molar-refractivity contribution is 0.332. The highest BCUT2D eigenvalue weighted by Gasteiger charge is 2.25. The summed E-state index contributed by atoms with van der Waals surface area (Å²) < 4.78 is 2.05. The molecule has 1 heterocycles. The number of hydrogen-bond acceptors (Lipinski definition) is 2. The Balaban J connectivity index is 3.32. The van der Waals surface area contributed by atoms with Gasteiger partial charge in [-0.3, -0.25) is 4.68 Å². The van der Waals surface area contributed by atoms with Gasteiger partial charge in [0.2, 0.25) is 0 Å². The number of hydrogen-bond donors (Lipinski definition) is 1. The van der Waals surface area contributed by atoms with Crippen LogP contribution < -0.4 is 5.73 Å². The highest BCUT2D eigenvalue weighted by Crippen LogP contribution is 2.27. The molecule has 3 heteroatoms. The average Bonchev–Trinajstić information content (AvgIpc) is 2.44. The third kappa shape index (κ3) is 2.64. The third-order valence-electron chi connectivity index (χ3n) is 2.61. The van der Waals surface area contributed by atoms with Gasteiger partial charge in [0, 0.05) is 11.5 Å². The van der Waals surface area contributed by atoms with Crippen molar-refractivity contribution in [2.75, 3.05) is 0 Å². The van der Waals surface area contributed by atoms with Crippen LogP contribution in [0, 0.1) is 0 Å². The van der Waals surface area contributed by atoms with Gasteiger partial charge in [-0.15, -0.1) is 0 Å². The molecule has 0 radical (unpaired) electrons. The van der Waals surface area contributed by atoms with Gasteiger partial charge in [-0.25, -0.2) is 0 Å². The number of nitrogens with zero attached hydrogens (tertiary/aromatic N) is 2. The van der Waals surface area contributed by atoms with Crippen LogP contribution in [-0.2, 0) is 11.0 Å². The lowest BCUT2D eigenvalue weighted by Gasteiger charge is -2.24. The van der Waals surface area contributed by atoms with Crippen LogP contribution in [0.15, 0.2) is 6.07 Å². The van der Waals surface area contributed by atoms with Gasteiger partial charge in [0.25, 0.3) is 0 Å². The van der Waals surface area contributed by atoms with E-state index in [0.717, 1.165) is 11.4 Å². The fraction of sp³-hybridized carbons (Fsp3) is 0.769. The normalized spacial score (nSPS) is 15.2. The first-order valence-corrected chi connectivity index (χ1v) is 5.90. The summed E-state index contributed by atoms with van der Waals surface area (Å²) in [6.45, 7) is 15.0. The van der Waals surface area contributed by atoms with Gasteiger partial charge in [0.1, 0.15) is 0 Å². The third-order valence-corrected chi connectivity index (χ3v) is 2.61. The summed E-state index contributed by atoms with van der Waals surface area (Å²) in [6.07, 6.45) is 0. The van der Waals surface area contributed by atoms with Gasteiger partial charge in [-0.2, -0.15) is 5.10 Å². The second kappa shape index (κ2) is 3.88. The van der Waals surface area contributed by atoms with Crippen LogP contribution in [0.1, 0.15) is 65.9 Å². The Morgan fingerprint density at radius 3 is 1.94 bits per heavy atom. The van der Waals surface area contributed by atoms with Crippen molar-refractivity contribution in [3.63, 3.8) is 0 Å². The predicted molar refractivity (Wildman–Crippen MR) is 68.5 cm³/mol. The van der Waals surface area contributed by atoms with Crippen LogP contribution >= 0.6 is 0 Å². The second-order valence-electron chi connectivity index (χ2n) is 6.58. The minimum absolute atomic E-state index is 0.0165. The SMILES string of the molecule is CC(N)c1cc(C(C)(C)C)nn1C(C)(C)C. The molecule has 0 aliphatic heterocycles. The van der Waals surface area contributed by atoms with Crippen molar-refractivity contribution in [3.8, 4) is 0 Å². The zero-order valence-corrected chi connectivity index (χ0v) is 11.6. The van der Waals surface area contributed by atoms with E-state index in [4.69, 9.17) is 10.8 Å². The molecule has 0 amide bonds. The summed E-state index contributed by atoms with van der Waals surface area (Å²) in [5, 5.41) is 4.71. The molecule has 0 saturated carbocycles. The van der Waals surface area contributed by atoms with Crippen LogP contribution in [0.3, 0.4) is 0 Å². The molecular weight excluding hydrogens is 198 g/mol. The molecule has 0 saturated heterocycles. The number of nitrogens with two attached hydrogens (primary N) is 1. The average molecular weight is 223 g/mol. The maximum atomic E-state index is 6.01. The van der Waals surface area contributed by atoms with Crippen molar-refractivity contribution < 1.29 is 0 Å². The van der Waals surface area contributed by atoms with Crippen LogP contribution in [0.2, 0.25) is 0 Å². The summed E-state index contributed by atoms with van der Waals surface area (Å²) in [4.78, 5) is 0. The van der Waals surface area contributed by atoms with E-state index in [9.17, 15) is 0 Å². The molecule has 2 N–H and O–H groups in total. The Labute approximate surface area is 99.0 Å². The van der Waals surface area contributed by atoms with Gasteiger partial charge in [-0.05, 0) is 33.8 Å². The van der Waals surface area contributed by atoms with Gasteiger partial charge < -0.3 is 5.73 Å². The van der Waals surface area contributed by atoms with Crippen molar-refractivity contribution in [2.24, 2.45) is 5.73 Å². The maximum Gasteiger partial charge on any atom is 0.0681 e. The van der Waals surface area contributed by atoms with E-state index in [1.54, 1.807) is 0 Å². The summed E-state index contributed by atoms with van der Waals surface area (Å²) >= 11 is 0. The van der Waals surface area contributed by atoms with Crippen LogP contribution in [0.5, 0.6) is 0 Å². The maximum absolute atomic E-state index is 6.01.